The van der Waals surface area contributed by atoms with Crippen LogP contribution in [0.1, 0.15) is 17.1 Å². The summed E-state index contributed by atoms with van der Waals surface area (Å²) in [5.41, 5.74) is 2.09. The van der Waals surface area contributed by atoms with Crippen LogP contribution in [-0.2, 0) is 17.1 Å². The van der Waals surface area contributed by atoms with Crippen LogP contribution in [0.2, 0.25) is 0 Å². The zero-order chi connectivity index (χ0) is 22.2. The van der Waals surface area contributed by atoms with E-state index in [0.29, 0.717) is 59.9 Å². The van der Waals surface area contributed by atoms with Gasteiger partial charge in [0.1, 0.15) is 10.7 Å². The van der Waals surface area contributed by atoms with Gasteiger partial charge in [-0.15, -0.1) is 10.2 Å². The average Bonchev–Trinajstić information content (AvgIpc) is 3.00. The molecule has 0 atom stereocenters. The van der Waals surface area contributed by atoms with Gasteiger partial charge in [0.2, 0.25) is 10.0 Å². The first-order valence-electron chi connectivity index (χ1n) is 10.1. The molecule has 0 unspecified atom stereocenters. The van der Waals surface area contributed by atoms with Gasteiger partial charge < -0.3 is 10.2 Å². The Morgan fingerprint density at radius 3 is 2.26 bits per heavy atom. The Morgan fingerprint density at radius 1 is 0.935 bits per heavy atom. The molecule has 0 aromatic carbocycles. The number of nitrogens with zero attached hydrogens (tertiary/aromatic N) is 7. The van der Waals surface area contributed by atoms with E-state index in [1.165, 1.54) is 4.31 Å². The lowest BCUT2D eigenvalue weighted by atomic mass is 10.3. The highest BCUT2D eigenvalue weighted by atomic mass is 32.2. The van der Waals surface area contributed by atoms with Crippen LogP contribution in [0.3, 0.4) is 0 Å². The summed E-state index contributed by atoms with van der Waals surface area (Å²) in [7, 11) is -1.83. The smallest absolute Gasteiger partial charge is 0.246 e. The highest BCUT2D eigenvalue weighted by Crippen LogP contribution is 2.25. The minimum Gasteiger partial charge on any atom is -0.352 e. The van der Waals surface area contributed by atoms with Crippen LogP contribution in [0.4, 0.5) is 17.5 Å². The van der Waals surface area contributed by atoms with E-state index in [-0.39, 0.29) is 0 Å². The van der Waals surface area contributed by atoms with Gasteiger partial charge in [-0.25, -0.2) is 13.4 Å². The van der Waals surface area contributed by atoms with Crippen molar-refractivity contribution in [2.24, 2.45) is 7.05 Å². The van der Waals surface area contributed by atoms with Crippen molar-refractivity contribution in [3.05, 3.63) is 47.4 Å². The Hall–Kier alpha value is -3.05. The molecule has 3 aromatic heterocycles. The number of rotatable bonds is 5. The third kappa shape index (κ3) is 4.23. The number of sulfonamides is 1. The normalized spacial score (nSPS) is 15.3. The summed E-state index contributed by atoms with van der Waals surface area (Å²) in [6.45, 7) is 7.28. The van der Waals surface area contributed by atoms with Crippen molar-refractivity contribution < 1.29 is 8.42 Å². The Morgan fingerprint density at radius 2 is 1.68 bits per heavy atom. The average molecular weight is 443 g/mol. The van der Waals surface area contributed by atoms with Crippen molar-refractivity contribution in [2.75, 3.05) is 36.4 Å². The number of nitrogens with one attached hydrogen (secondary N) is 1. The van der Waals surface area contributed by atoms with E-state index in [1.807, 2.05) is 42.2 Å². The summed E-state index contributed by atoms with van der Waals surface area (Å²) < 4.78 is 29.4. The molecule has 11 heteroatoms. The van der Waals surface area contributed by atoms with Gasteiger partial charge >= 0.3 is 0 Å². The van der Waals surface area contributed by atoms with Crippen molar-refractivity contribution in [2.45, 2.75) is 25.7 Å². The lowest BCUT2D eigenvalue weighted by Gasteiger charge is -2.34. The Balaban J connectivity index is 1.42. The van der Waals surface area contributed by atoms with Gasteiger partial charge in [-0.3, -0.25) is 4.68 Å². The van der Waals surface area contributed by atoms with Gasteiger partial charge in [-0.1, -0.05) is 6.07 Å². The first-order valence-corrected chi connectivity index (χ1v) is 11.5. The molecule has 0 spiro atoms. The van der Waals surface area contributed by atoms with Crippen LogP contribution in [-0.4, -0.2) is 63.9 Å². The van der Waals surface area contributed by atoms with Gasteiger partial charge in [-0.05, 0) is 45.0 Å². The topological polar surface area (TPSA) is 109 Å². The van der Waals surface area contributed by atoms with E-state index >= 15 is 0 Å². The molecular weight excluding hydrogens is 416 g/mol. The molecule has 4 rings (SSSR count). The highest BCUT2D eigenvalue weighted by molar-refractivity contribution is 7.89. The van der Waals surface area contributed by atoms with Crippen molar-refractivity contribution in [3.63, 3.8) is 0 Å². The fraction of sp³-hybridized carbons (Fsp3) is 0.400. The van der Waals surface area contributed by atoms with Crippen LogP contribution in [0.15, 0.2) is 35.2 Å². The third-order valence-corrected chi connectivity index (χ3v) is 7.55. The van der Waals surface area contributed by atoms with Gasteiger partial charge in [0, 0.05) is 38.9 Å². The number of pyridine rings is 1. The molecule has 1 aliphatic heterocycles. The molecule has 0 radical (unpaired) electrons. The van der Waals surface area contributed by atoms with Crippen molar-refractivity contribution in [1.82, 2.24) is 29.3 Å². The lowest BCUT2D eigenvalue weighted by Crippen LogP contribution is -2.49. The molecule has 0 bridgehead atoms. The summed E-state index contributed by atoms with van der Waals surface area (Å²) in [5, 5.41) is 15.9. The molecule has 1 aliphatic rings. The summed E-state index contributed by atoms with van der Waals surface area (Å²) in [4.78, 5) is 6.74. The standard InChI is InChI=1S/C20H26N8O2S/c1-14-6-5-7-17(21-14)22-18-8-9-19(24-23-18)27-10-12-28(13-11-27)31(29,30)20-15(2)25-26(4)16(20)3/h5-9H,10-13H2,1-4H3,(H,21,22,23). The van der Waals surface area contributed by atoms with E-state index in [1.54, 1.807) is 25.6 Å². The van der Waals surface area contributed by atoms with Gasteiger partial charge in [0.05, 0.1) is 11.4 Å². The molecule has 4 heterocycles. The predicted molar refractivity (Wildman–Crippen MR) is 118 cm³/mol. The molecule has 0 amide bonds. The molecule has 1 fully saturated rings. The second-order valence-corrected chi connectivity index (χ2v) is 9.46. The third-order valence-electron chi connectivity index (χ3n) is 5.40. The fourth-order valence-corrected chi connectivity index (χ4v) is 5.54. The van der Waals surface area contributed by atoms with E-state index < -0.39 is 10.0 Å². The SMILES string of the molecule is Cc1cccc(Nc2ccc(N3CCN(S(=O)(=O)c4c(C)nn(C)c4C)CC3)nn2)n1. The van der Waals surface area contributed by atoms with E-state index in [4.69, 9.17) is 0 Å². The van der Waals surface area contributed by atoms with Crippen molar-refractivity contribution in [1.29, 1.82) is 0 Å². The summed E-state index contributed by atoms with van der Waals surface area (Å²) in [6.07, 6.45) is 0. The summed E-state index contributed by atoms with van der Waals surface area (Å²) >= 11 is 0. The summed E-state index contributed by atoms with van der Waals surface area (Å²) in [5.74, 6) is 2.03. The predicted octanol–water partition coefficient (Wildman–Crippen LogP) is 1.78. The molecule has 31 heavy (non-hydrogen) atoms. The zero-order valence-electron chi connectivity index (χ0n) is 18.1. The van der Waals surface area contributed by atoms with Crippen LogP contribution in [0, 0.1) is 20.8 Å². The number of piperazine rings is 1. The molecule has 3 aromatic rings. The molecule has 10 nitrogen and oxygen atoms in total. The maximum absolute atomic E-state index is 13.1. The number of anilines is 3. The number of aromatic nitrogens is 5. The summed E-state index contributed by atoms with van der Waals surface area (Å²) in [6, 6.07) is 9.45. The van der Waals surface area contributed by atoms with E-state index in [2.05, 4.69) is 25.6 Å². The lowest BCUT2D eigenvalue weighted by molar-refractivity contribution is 0.383. The Kier molecular flexibility index (Phi) is 5.63. The van der Waals surface area contributed by atoms with Crippen LogP contribution in [0.5, 0.6) is 0 Å². The first-order chi connectivity index (χ1) is 14.8. The minimum absolute atomic E-state index is 0.309. The second kappa shape index (κ2) is 8.23. The number of hydrogen-bond acceptors (Lipinski definition) is 8. The quantitative estimate of drug-likeness (QED) is 0.637. The molecular formula is C20H26N8O2S. The maximum Gasteiger partial charge on any atom is 0.246 e. The molecule has 1 saturated heterocycles. The first kappa shape index (κ1) is 21.2. The van der Waals surface area contributed by atoms with Crippen LogP contribution < -0.4 is 10.2 Å². The number of hydrogen-bond donors (Lipinski definition) is 1. The van der Waals surface area contributed by atoms with Crippen LogP contribution >= 0.6 is 0 Å². The van der Waals surface area contributed by atoms with Gasteiger partial charge in [0.25, 0.3) is 0 Å². The highest BCUT2D eigenvalue weighted by Gasteiger charge is 2.33. The number of aryl methyl sites for hydroxylation is 3. The molecule has 0 saturated carbocycles. The van der Waals surface area contributed by atoms with Crippen LogP contribution in [0.25, 0.3) is 0 Å². The zero-order valence-corrected chi connectivity index (χ0v) is 18.9. The molecule has 1 N–H and O–H groups in total. The van der Waals surface area contributed by atoms with Gasteiger partial charge in [0.15, 0.2) is 11.6 Å². The largest absolute Gasteiger partial charge is 0.352 e. The van der Waals surface area contributed by atoms with Crippen molar-refractivity contribution in [3.8, 4) is 0 Å². The van der Waals surface area contributed by atoms with E-state index in [0.717, 1.165) is 5.69 Å². The second-order valence-electron chi connectivity index (χ2n) is 7.58. The van der Waals surface area contributed by atoms with Gasteiger partial charge in [-0.2, -0.15) is 9.40 Å². The molecule has 0 aliphatic carbocycles. The molecule has 164 valence electrons. The Bertz CT molecular complexity index is 1180. The minimum atomic E-state index is -3.58. The maximum atomic E-state index is 13.1. The van der Waals surface area contributed by atoms with Crippen molar-refractivity contribution >= 4 is 27.5 Å². The monoisotopic (exact) mass is 442 g/mol. The van der Waals surface area contributed by atoms with E-state index in [9.17, 15) is 8.42 Å². The Labute approximate surface area is 182 Å². The fourth-order valence-electron chi connectivity index (χ4n) is 3.72.